The minimum Gasteiger partial charge on any atom is -0.248 e. The second kappa shape index (κ2) is 17.2. The largest absolute Gasteiger partial charge is 0.248 e. The maximum absolute atomic E-state index is 5.43. The summed E-state index contributed by atoms with van der Waals surface area (Å²) in [6.07, 6.45) is 0. The first-order chi connectivity index (χ1) is 30.9. The molecule has 0 fully saturated rings. The molecule has 0 amide bonds. The molecular formula is C60H45N3. The Morgan fingerprint density at radius 2 is 0.429 bits per heavy atom. The van der Waals surface area contributed by atoms with E-state index in [0.717, 1.165) is 101 Å². The number of hydrogen-bond donors (Lipinski definition) is 0. The van der Waals surface area contributed by atoms with Gasteiger partial charge in [-0.15, -0.1) is 0 Å². The summed E-state index contributed by atoms with van der Waals surface area (Å²) in [5, 5.41) is 0. The van der Waals surface area contributed by atoms with E-state index >= 15 is 0 Å². The summed E-state index contributed by atoms with van der Waals surface area (Å²) in [5.41, 5.74) is 21.8. The van der Waals surface area contributed by atoms with Crippen LogP contribution in [-0.4, -0.2) is 15.0 Å². The lowest BCUT2D eigenvalue weighted by Gasteiger charge is -2.16. The molecule has 7 aromatic carbocycles. The summed E-state index contributed by atoms with van der Waals surface area (Å²) in [5.74, 6) is 0. The fourth-order valence-corrected chi connectivity index (χ4v) is 8.35. The molecule has 300 valence electrons. The number of benzene rings is 7. The number of rotatable bonds is 9. The molecule has 3 aromatic heterocycles. The predicted molar refractivity (Wildman–Crippen MR) is 263 cm³/mol. The predicted octanol–water partition coefficient (Wildman–Crippen LogP) is 15.8. The lowest BCUT2D eigenvalue weighted by atomic mass is 9.93. The van der Waals surface area contributed by atoms with Crippen LogP contribution in [0.15, 0.2) is 218 Å². The van der Waals surface area contributed by atoms with Crippen molar-refractivity contribution < 1.29 is 0 Å². The van der Waals surface area contributed by atoms with Crippen molar-refractivity contribution in [2.75, 3.05) is 0 Å². The number of hydrogen-bond acceptors (Lipinski definition) is 3. The standard InChI is InChI=1S/C60H45N3/c1-40-16-13-25-46(28-40)49-34-55(43-19-7-4-8-20-43)61-58(37-49)52-31-53(59-38-50(47-26-14-17-41(2)29-47)35-56(62-59)44-21-9-5-10-22-44)33-54(32-52)60-39-51(48-27-15-18-42(3)30-48)36-57(63-60)45-23-11-6-12-24-45/h4-39H,1-3H3. The van der Waals surface area contributed by atoms with Crippen LogP contribution in [0.4, 0.5) is 0 Å². The van der Waals surface area contributed by atoms with Crippen molar-refractivity contribution in [3.63, 3.8) is 0 Å². The molecule has 10 aromatic rings. The molecule has 0 aliphatic heterocycles. The van der Waals surface area contributed by atoms with Crippen LogP contribution in [0.1, 0.15) is 16.7 Å². The molecule has 0 unspecified atom stereocenters. The molecule has 0 N–H and O–H groups in total. The van der Waals surface area contributed by atoms with Gasteiger partial charge in [-0.3, -0.25) is 0 Å². The Kier molecular flexibility index (Phi) is 10.7. The van der Waals surface area contributed by atoms with Crippen LogP contribution >= 0.6 is 0 Å². The number of aryl methyl sites for hydroxylation is 3. The van der Waals surface area contributed by atoms with Gasteiger partial charge in [-0.25, -0.2) is 15.0 Å². The van der Waals surface area contributed by atoms with E-state index < -0.39 is 0 Å². The first kappa shape index (κ1) is 39.1. The van der Waals surface area contributed by atoms with E-state index in [9.17, 15) is 0 Å². The van der Waals surface area contributed by atoms with E-state index in [1.807, 2.05) is 18.2 Å². The summed E-state index contributed by atoms with van der Waals surface area (Å²) >= 11 is 0. The highest BCUT2D eigenvalue weighted by atomic mass is 14.7. The minimum atomic E-state index is 0.868. The van der Waals surface area contributed by atoms with Gasteiger partial charge < -0.3 is 0 Å². The second-order valence-electron chi connectivity index (χ2n) is 16.4. The monoisotopic (exact) mass is 807 g/mol. The Morgan fingerprint density at radius 3 is 0.683 bits per heavy atom. The van der Waals surface area contributed by atoms with Gasteiger partial charge in [0.2, 0.25) is 0 Å². The number of aromatic nitrogens is 3. The highest BCUT2D eigenvalue weighted by molar-refractivity contribution is 5.86. The van der Waals surface area contributed by atoms with Crippen LogP contribution in [0.3, 0.4) is 0 Å². The van der Waals surface area contributed by atoms with Gasteiger partial charge in [0, 0.05) is 33.4 Å². The zero-order chi connectivity index (χ0) is 42.7. The Hall–Kier alpha value is -8.01. The van der Waals surface area contributed by atoms with Crippen molar-refractivity contribution in [2.45, 2.75) is 20.8 Å². The van der Waals surface area contributed by atoms with Crippen LogP contribution < -0.4 is 0 Å². The van der Waals surface area contributed by atoms with E-state index in [4.69, 9.17) is 15.0 Å². The van der Waals surface area contributed by atoms with Gasteiger partial charge in [-0.1, -0.05) is 180 Å². The van der Waals surface area contributed by atoms with Crippen LogP contribution in [-0.2, 0) is 0 Å². The van der Waals surface area contributed by atoms with Crippen LogP contribution in [0.25, 0.3) is 101 Å². The maximum atomic E-state index is 5.43. The average Bonchev–Trinajstić information content (AvgIpc) is 3.34. The molecular weight excluding hydrogens is 763 g/mol. The molecule has 3 heterocycles. The SMILES string of the molecule is Cc1cccc(-c2cc(-c3ccccc3)nc(-c3cc(-c4cc(-c5cccc(C)c5)cc(-c5ccccc5)n4)cc(-c4cc(-c5cccc(C)c5)cc(-c5ccccc5)n4)c3)c2)c1. The van der Waals surface area contributed by atoms with Gasteiger partial charge in [0.05, 0.1) is 34.2 Å². The fraction of sp³-hybridized carbons (Fsp3) is 0.0500. The third-order valence-electron chi connectivity index (χ3n) is 11.6. The molecule has 0 aliphatic carbocycles. The molecule has 10 rings (SSSR count). The number of pyridine rings is 3. The summed E-state index contributed by atoms with van der Waals surface area (Å²) < 4.78 is 0. The Labute approximate surface area is 370 Å². The van der Waals surface area contributed by atoms with Gasteiger partial charge in [0.15, 0.2) is 0 Å². The summed E-state index contributed by atoms with van der Waals surface area (Å²) in [6, 6.07) is 77.5. The van der Waals surface area contributed by atoms with Gasteiger partial charge in [-0.2, -0.15) is 0 Å². The molecule has 0 radical (unpaired) electrons. The van der Waals surface area contributed by atoms with Crippen LogP contribution in [0.5, 0.6) is 0 Å². The molecule has 0 bridgehead atoms. The third kappa shape index (κ3) is 8.64. The first-order valence-electron chi connectivity index (χ1n) is 21.5. The van der Waals surface area contributed by atoms with E-state index in [1.54, 1.807) is 0 Å². The average molecular weight is 808 g/mol. The van der Waals surface area contributed by atoms with Crippen molar-refractivity contribution in [2.24, 2.45) is 0 Å². The van der Waals surface area contributed by atoms with Crippen LogP contribution in [0.2, 0.25) is 0 Å². The molecule has 63 heavy (non-hydrogen) atoms. The molecule has 0 saturated heterocycles. The van der Waals surface area contributed by atoms with Crippen molar-refractivity contribution in [3.8, 4) is 101 Å². The molecule has 3 nitrogen and oxygen atoms in total. The van der Waals surface area contributed by atoms with Crippen molar-refractivity contribution in [1.29, 1.82) is 0 Å². The summed E-state index contributed by atoms with van der Waals surface area (Å²) in [6.45, 7) is 6.42. The van der Waals surface area contributed by atoms with Gasteiger partial charge in [0.25, 0.3) is 0 Å². The van der Waals surface area contributed by atoms with Crippen molar-refractivity contribution in [1.82, 2.24) is 15.0 Å². The lowest BCUT2D eigenvalue weighted by molar-refractivity contribution is 1.29. The highest BCUT2D eigenvalue weighted by Gasteiger charge is 2.17. The molecule has 0 spiro atoms. The van der Waals surface area contributed by atoms with Gasteiger partial charge in [-0.05, 0) is 109 Å². The van der Waals surface area contributed by atoms with E-state index in [2.05, 4.69) is 221 Å². The minimum absolute atomic E-state index is 0.868. The first-order valence-corrected chi connectivity index (χ1v) is 21.5. The summed E-state index contributed by atoms with van der Waals surface area (Å²) in [7, 11) is 0. The Balaban J connectivity index is 1.25. The Bertz CT molecular complexity index is 2880. The van der Waals surface area contributed by atoms with E-state index in [-0.39, 0.29) is 0 Å². The van der Waals surface area contributed by atoms with E-state index in [0.29, 0.717) is 0 Å². The third-order valence-corrected chi connectivity index (χ3v) is 11.6. The second-order valence-corrected chi connectivity index (χ2v) is 16.4. The number of nitrogens with zero attached hydrogens (tertiary/aromatic N) is 3. The van der Waals surface area contributed by atoms with Crippen molar-refractivity contribution in [3.05, 3.63) is 235 Å². The van der Waals surface area contributed by atoms with Crippen LogP contribution in [0, 0.1) is 20.8 Å². The lowest BCUT2D eigenvalue weighted by Crippen LogP contribution is -1.96. The molecule has 3 heteroatoms. The van der Waals surface area contributed by atoms with Gasteiger partial charge in [0.1, 0.15) is 0 Å². The van der Waals surface area contributed by atoms with E-state index in [1.165, 1.54) is 16.7 Å². The smallest absolute Gasteiger partial charge is 0.0716 e. The fourth-order valence-electron chi connectivity index (χ4n) is 8.35. The topological polar surface area (TPSA) is 38.7 Å². The quantitative estimate of drug-likeness (QED) is 0.146. The zero-order valence-corrected chi connectivity index (χ0v) is 35.6. The zero-order valence-electron chi connectivity index (χ0n) is 35.6. The highest BCUT2D eigenvalue weighted by Crippen LogP contribution is 2.39. The normalized spacial score (nSPS) is 11.1. The van der Waals surface area contributed by atoms with Crippen molar-refractivity contribution >= 4 is 0 Å². The summed E-state index contributed by atoms with van der Waals surface area (Å²) in [4.78, 5) is 16.3. The molecule has 0 aliphatic rings. The Morgan fingerprint density at radius 1 is 0.190 bits per heavy atom. The molecule has 0 atom stereocenters. The molecule has 0 saturated carbocycles. The van der Waals surface area contributed by atoms with Gasteiger partial charge >= 0.3 is 0 Å². The maximum Gasteiger partial charge on any atom is 0.0716 e.